The van der Waals surface area contributed by atoms with Crippen molar-refractivity contribution < 1.29 is 9.18 Å². The molecule has 0 fully saturated rings. The molecule has 4 heteroatoms. The van der Waals surface area contributed by atoms with Crippen molar-refractivity contribution in [2.75, 3.05) is 7.05 Å². The zero-order valence-corrected chi connectivity index (χ0v) is 12.1. The molecule has 1 aromatic rings. The van der Waals surface area contributed by atoms with Crippen LogP contribution in [0.25, 0.3) is 0 Å². The van der Waals surface area contributed by atoms with Crippen molar-refractivity contribution in [1.29, 1.82) is 0 Å². The molecular weight excluding hydrogens is 243 g/mol. The predicted molar refractivity (Wildman–Crippen MR) is 75.0 cm³/mol. The summed E-state index contributed by atoms with van der Waals surface area (Å²) in [5, 5.41) is 0. The smallest absolute Gasteiger partial charge is 0.240 e. The Morgan fingerprint density at radius 3 is 2.47 bits per heavy atom. The minimum atomic E-state index is -0.538. The van der Waals surface area contributed by atoms with Gasteiger partial charge in [-0.15, -0.1) is 0 Å². The van der Waals surface area contributed by atoms with Crippen molar-refractivity contribution in [2.45, 2.75) is 39.3 Å². The van der Waals surface area contributed by atoms with Crippen LogP contribution in [0.5, 0.6) is 0 Å². The second-order valence-electron chi connectivity index (χ2n) is 5.06. The molecule has 106 valence electrons. The third kappa shape index (κ3) is 3.53. The van der Waals surface area contributed by atoms with Gasteiger partial charge in [0.2, 0.25) is 5.91 Å². The lowest BCUT2D eigenvalue weighted by Crippen LogP contribution is -2.46. The van der Waals surface area contributed by atoms with Crippen LogP contribution in [0, 0.1) is 11.7 Å². The molecule has 3 nitrogen and oxygen atoms in total. The molecule has 2 unspecified atom stereocenters. The number of nitrogens with two attached hydrogens (primary N) is 1. The molecule has 0 bridgehead atoms. The highest BCUT2D eigenvalue weighted by Crippen LogP contribution is 2.23. The van der Waals surface area contributed by atoms with Crippen LogP contribution in [0.3, 0.4) is 0 Å². The molecule has 0 aromatic heterocycles. The highest BCUT2D eigenvalue weighted by atomic mass is 19.1. The molecule has 19 heavy (non-hydrogen) atoms. The topological polar surface area (TPSA) is 46.3 Å². The maximum Gasteiger partial charge on any atom is 0.240 e. The van der Waals surface area contributed by atoms with Gasteiger partial charge in [0.15, 0.2) is 0 Å². The van der Waals surface area contributed by atoms with E-state index in [4.69, 9.17) is 5.73 Å². The van der Waals surface area contributed by atoms with Crippen LogP contribution in [0.2, 0.25) is 0 Å². The summed E-state index contributed by atoms with van der Waals surface area (Å²) >= 11 is 0. The van der Waals surface area contributed by atoms with Crippen molar-refractivity contribution >= 4 is 5.91 Å². The summed E-state index contributed by atoms with van der Waals surface area (Å²) in [4.78, 5) is 13.8. The van der Waals surface area contributed by atoms with E-state index in [9.17, 15) is 9.18 Å². The van der Waals surface area contributed by atoms with E-state index in [2.05, 4.69) is 0 Å². The van der Waals surface area contributed by atoms with Gasteiger partial charge in [0.25, 0.3) is 0 Å². The highest BCUT2D eigenvalue weighted by Gasteiger charge is 2.27. The number of hydrogen-bond donors (Lipinski definition) is 1. The minimum Gasteiger partial charge on any atom is -0.338 e. The standard InChI is InChI=1S/C15H23FN2O/c1-5-10(2)14(17)15(19)18(4)11(3)12-8-6-7-9-13(12)16/h6-11,14H,5,17H2,1-4H3/t10?,11?,14-/m0/s1. The summed E-state index contributed by atoms with van der Waals surface area (Å²) in [5.41, 5.74) is 6.45. The Morgan fingerprint density at radius 2 is 1.95 bits per heavy atom. The fourth-order valence-electron chi connectivity index (χ4n) is 1.95. The zero-order valence-electron chi connectivity index (χ0n) is 12.1. The first-order valence-corrected chi connectivity index (χ1v) is 6.66. The van der Waals surface area contributed by atoms with Crippen LogP contribution < -0.4 is 5.73 Å². The third-order valence-electron chi connectivity index (χ3n) is 3.83. The largest absolute Gasteiger partial charge is 0.338 e. The van der Waals surface area contributed by atoms with Gasteiger partial charge in [-0.2, -0.15) is 0 Å². The van der Waals surface area contributed by atoms with E-state index in [1.807, 2.05) is 13.8 Å². The van der Waals surface area contributed by atoms with E-state index >= 15 is 0 Å². The quantitative estimate of drug-likeness (QED) is 0.890. The molecule has 0 aliphatic heterocycles. The molecule has 0 radical (unpaired) electrons. The zero-order chi connectivity index (χ0) is 14.6. The number of hydrogen-bond acceptors (Lipinski definition) is 2. The number of likely N-dealkylation sites (N-methyl/N-ethyl adjacent to an activating group) is 1. The van der Waals surface area contributed by atoms with E-state index in [1.54, 1.807) is 32.2 Å². The van der Waals surface area contributed by atoms with Crippen molar-refractivity contribution in [3.05, 3.63) is 35.6 Å². The Bertz CT molecular complexity index is 436. The molecule has 0 heterocycles. The summed E-state index contributed by atoms with van der Waals surface area (Å²) in [5.74, 6) is -0.334. The molecule has 0 aliphatic rings. The molecule has 0 saturated heterocycles. The van der Waals surface area contributed by atoms with Gasteiger partial charge in [-0.1, -0.05) is 38.5 Å². The molecule has 0 spiro atoms. The van der Waals surface area contributed by atoms with Crippen molar-refractivity contribution in [3.8, 4) is 0 Å². The Hall–Kier alpha value is -1.42. The molecule has 1 rings (SSSR count). The summed E-state index contributed by atoms with van der Waals surface area (Å²) in [7, 11) is 1.67. The average molecular weight is 266 g/mol. The second kappa shape index (κ2) is 6.66. The first-order chi connectivity index (χ1) is 8.90. The molecule has 0 aliphatic carbocycles. The van der Waals surface area contributed by atoms with Gasteiger partial charge in [0, 0.05) is 12.6 Å². The fraction of sp³-hybridized carbons (Fsp3) is 0.533. The molecule has 3 atom stereocenters. The van der Waals surface area contributed by atoms with Crippen molar-refractivity contribution in [1.82, 2.24) is 4.90 Å². The minimum absolute atomic E-state index is 0.114. The Kier molecular flexibility index (Phi) is 5.48. The summed E-state index contributed by atoms with van der Waals surface area (Å²) < 4.78 is 13.7. The SMILES string of the molecule is CCC(C)[C@H](N)C(=O)N(C)C(C)c1ccccc1F. The number of carbonyl (C=O) groups is 1. The Balaban J connectivity index is 2.85. The third-order valence-corrected chi connectivity index (χ3v) is 3.83. The second-order valence-corrected chi connectivity index (χ2v) is 5.06. The molecule has 2 N–H and O–H groups in total. The first-order valence-electron chi connectivity index (χ1n) is 6.66. The molecule has 1 amide bonds. The van der Waals surface area contributed by atoms with Crippen LogP contribution in [0.1, 0.15) is 38.8 Å². The molecule has 0 saturated carbocycles. The molecular formula is C15H23FN2O. The normalized spacial score (nSPS) is 15.7. The number of amides is 1. The van der Waals surface area contributed by atoms with Gasteiger partial charge in [-0.3, -0.25) is 4.79 Å². The van der Waals surface area contributed by atoms with Gasteiger partial charge in [0.05, 0.1) is 12.1 Å². The lowest BCUT2D eigenvalue weighted by atomic mass is 9.97. The predicted octanol–water partition coefficient (Wildman–Crippen LogP) is 2.72. The van der Waals surface area contributed by atoms with Crippen LogP contribution >= 0.6 is 0 Å². The van der Waals surface area contributed by atoms with Crippen LogP contribution in [-0.2, 0) is 4.79 Å². The van der Waals surface area contributed by atoms with E-state index in [-0.39, 0.29) is 23.7 Å². The monoisotopic (exact) mass is 266 g/mol. The number of rotatable bonds is 5. The summed E-state index contributed by atoms with van der Waals surface area (Å²) in [6, 6.07) is 5.63. The first kappa shape index (κ1) is 15.6. The van der Waals surface area contributed by atoms with Crippen molar-refractivity contribution in [2.24, 2.45) is 11.7 Å². The average Bonchev–Trinajstić information content (AvgIpc) is 2.43. The van der Waals surface area contributed by atoms with Crippen LogP contribution in [0.4, 0.5) is 4.39 Å². The molecule has 1 aromatic carbocycles. The number of halogens is 1. The van der Waals surface area contributed by atoms with Crippen LogP contribution in [-0.4, -0.2) is 23.9 Å². The maximum absolute atomic E-state index is 13.7. The van der Waals surface area contributed by atoms with Gasteiger partial charge >= 0.3 is 0 Å². The van der Waals surface area contributed by atoms with Gasteiger partial charge in [-0.05, 0) is 18.9 Å². The van der Waals surface area contributed by atoms with Crippen LogP contribution in [0.15, 0.2) is 24.3 Å². The van der Waals surface area contributed by atoms with Gasteiger partial charge < -0.3 is 10.6 Å². The number of nitrogens with zero attached hydrogens (tertiary/aromatic N) is 1. The van der Waals surface area contributed by atoms with Gasteiger partial charge in [-0.25, -0.2) is 4.39 Å². The fourth-order valence-corrected chi connectivity index (χ4v) is 1.95. The Morgan fingerprint density at radius 1 is 1.37 bits per heavy atom. The summed E-state index contributed by atoms with van der Waals surface area (Å²) in [6.45, 7) is 5.75. The van der Waals surface area contributed by atoms with E-state index in [0.29, 0.717) is 5.56 Å². The number of benzene rings is 1. The lowest BCUT2D eigenvalue weighted by Gasteiger charge is -2.30. The van der Waals surface area contributed by atoms with Gasteiger partial charge in [0.1, 0.15) is 5.82 Å². The lowest BCUT2D eigenvalue weighted by molar-refractivity contribution is -0.134. The maximum atomic E-state index is 13.7. The summed E-state index contributed by atoms with van der Waals surface area (Å²) in [6.07, 6.45) is 0.842. The van der Waals surface area contributed by atoms with Crippen molar-refractivity contribution in [3.63, 3.8) is 0 Å². The number of carbonyl (C=O) groups excluding carboxylic acids is 1. The van der Waals surface area contributed by atoms with E-state index in [1.165, 1.54) is 11.0 Å². The van der Waals surface area contributed by atoms with E-state index < -0.39 is 6.04 Å². The highest BCUT2D eigenvalue weighted by molar-refractivity contribution is 5.82. The Labute approximate surface area is 114 Å². The van der Waals surface area contributed by atoms with E-state index in [0.717, 1.165) is 6.42 Å².